The fourth-order valence-electron chi connectivity index (χ4n) is 2.74. The summed E-state index contributed by atoms with van der Waals surface area (Å²) in [6, 6.07) is 11.8. The number of halogens is 1. The molecular weight excluding hydrogens is 367 g/mol. The number of fused-ring (bicyclic) bond motifs is 1. The lowest BCUT2D eigenvalue weighted by Gasteiger charge is -2.08. The molecule has 0 aliphatic carbocycles. The Morgan fingerprint density at radius 3 is 2.81 bits per heavy atom. The number of amides is 1. The van der Waals surface area contributed by atoms with Crippen molar-refractivity contribution in [3.63, 3.8) is 0 Å². The van der Waals surface area contributed by atoms with Crippen LogP contribution < -0.4 is 10.9 Å². The third kappa shape index (κ3) is 3.52. The predicted molar refractivity (Wildman–Crippen MR) is 101 cm³/mol. The minimum absolute atomic E-state index is 0.0672. The zero-order valence-corrected chi connectivity index (χ0v) is 14.9. The first-order valence-electron chi connectivity index (χ1n) is 8.24. The van der Waals surface area contributed by atoms with Gasteiger partial charge in [-0.05, 0) is 23.6 Å². The van der Waals surface area contributed by atoms with E-state index in [2.05, 4.69) is 10.4 Å². The van der Waals surface area contributed by atoms with Crippen molar-refractivity contribution >= 4 is 22.8 Å². The average Bonchev–Trinajstić information content (AvgIpc) is 3.33. The highest BCUT2D eigenvalue weighted by molar-refractivity contribution is 7.13. The molecule has 3 heterocycles. The van der Waals surface area contributed by atoms with Gasteiger partial charge in [0.1, 0.15) is 23.6 Å². The van der Waals surface area contributed by atoms with Crippen molar-refractivity contribution in [2.45, 2.75) is 13.1 Å². The molecule has 6 nitrogen and oxygen atoms in total. The van der Waals surface area contributed by atoms with Gasteiger partial charge < -0.3 is 9.88 Å². The Kier molecular flexibility index (Phi) is 4.55. The number of hydrogen-bond donors (Lipinski definition) is 1. The number of nitrogens with one attached hydrogen (secondary N) is 1. The molecule has 0 aliphatic heterocycles. The van der Waals surface area contributed by atoms with Gasteiger partial charge in [0.05, 0.1) is 4.88 Å². The molecule has 4 rings (SSSR count). The molecule has 1 aromatic carbocycles. The minimum atomic E-state index is -0.378. The summed E-state index contributed by atoms with van der Waals surface area (Å²) in [6.45, 7) is -0.0823. The van der Waals surface area contributed by atoms with E-state index in [9.17, 15) is 14.0 Å². The van der Waals surface area contributed by atoms with Crippen LogP contribution in [0, 0.1) is 5.82 Å². The molecule has 1 amide bonds. The summed E-state index contributed by atoms with van der Waals surface area (Å²) in [5.41, 5.74) is 1.19. The van der Waals surface area contributed by atoms with Crippen LogP contribution in [0.15, 0.2) is 65.0 Å². The molecule has 0 aliphatic rings. The average molecular weight is 382 g/mol. The topological polar surface area (TPSA) is 68.4 Å². The van der Waals surface area contributed by atoms with Crippen LogP contribution in [0.1, 0.15) is 5.56 Å². The lowest BCUT2D eigenvalue weighted by Crippen LogP contribution is -2.32. The van der Waals surface area contributed by atoms with Gasteiger partial charge in [-0.15, -0.1) is 11.3 Å². The summed E-state index contributed by atoms with van der Waals surface area (Å²) in [6.07, 6.45) is 3.15. The van der Waals surface area contributed by atoms with Crippen molar-refractivity contribution in [3.8, 4) is 10.6 Å². The van der Waals surface area contributed by atoms with Crippen molar-refractivity contribution in [2.24, 2.45) is 0 Å². The number of carbonyl (C=O) groups is 1. The summed E-state index contributed by atoms with van der Waals surface area (Å²) in [7, 11) is 0. The van der Waals surface area contributed by atoms with Gasteiger partial charge in [-0.25, -0.2) is 8.91 Å². The number of hydrogen-bond acceptors (Lipinski definition) is 4. The molecule has 1 N–H and O–H groups in total. The molecule has 0 saturated heterocycles. The minimum Gasteiger partial charge on any atom is -0.350 e. The normalized spacial score (nSPS) is 11.0. The largest absolute Gasteiger partial charge is 0.350 e. The summed E-state index contributed by atoms with van der Waals surface area (Å²) in [5, 5.41) is 8.97. The highest BCUT2D eigenvalue weighted by Crippen LogP contribution is 2.23. The lowest BCUT2D eigenvalue weighted by atomic mass is 10.2. The van der Waals surface area contributed by atoms with E-state index in [1.165, 1.54) is 32.7 Å². The number of rotatable bonds is 5. The van der Waals surface area contributed by atoms with Crippen LogP contribution in [0.5, 0.6) is 0 Å². The number of carbonyl (C=O) groups excluding carboxylic acids is 1. The zero-order chi connectivity index (χ0) is 18.8. The molecule has 0 spiro atoms. The summed E-state index contributed by atoms with van der Waals surface area (Å²) in [4.78, 5) is 25.8. The number of nitrogens with zero attached hydrogens (tertiary/aromatic N) is 3. The van der Waals surface area contributed by atoms with E-state index in [-0.39, 0.29) is 30.4 Å². The van der Waals surface area contributed by atoms with Gasteiger partial charge >= 0.3 is 0 Å². The van der Waals surface area contributed by atoms with Crippen LogP contribution >= 0.6 is 11.3 Å². The molecule has 8 heteroatoms. The second-order valence-electron chi connectivity index (χ2n) is 5.94. The molecule has 0 radical (unpaired) electrons. The van der Waals surface area contributed by atoms with Crippen LogP contribution in [0.25, 0.3) is 16.1 Å². The number of thiophene rings is 1. The van der Waals surface area contributed by atoms with Crippen LogP contribution in [0.4, 0.5) is 4.39 Å². The Hall–Kier alpha value is -3.26. The number of aromatic nitrogens is 3. The molecule has 3 aromatic heterocycles. The van der Waals surface area contributed by atoms with Crippen molar-refractivity contribution in [3.05, 3.63) is 82.0 Å². The quantitative estimate of drug-likeness (QED) is 0.577. The van der Waals surface area contributed by atoms with E-state index in [4.69, 9.17) is 0 Å². The van der Waals surface area contributed by atoms with E-state index in [0.29, 0.717) is 16.8 Å². The van der Waals surface area contributed by atoms with E-state index in [1.54, 1.807) is 30.5 Å². The maximum absolute atomic E-state index is 13.6. The summed E-state index contributed by atoms with van der Waals surface area (Å²) >= 11 is 1.54. The van der Waals surface area contributed by atoms with E-state index in [0.717, 1.165) is 4.88 Å². The first-order valence-corrected chi connectivity index (χ1v) is 9.12. The van der Waals surface area contributed by atoms with Crippen LogP contribution in [0.2, 0.25) is 0 Å². The highest BCUT2D eigenvalue weighted by atomic mass is 32.1. The fourth-order valence-corrected chi connectivity index (χ4v) is 3.42. The maximum atomic E-state index is 13.6. The molecular formula is C19H15FN4O2S. The lowest BCUT2D eigenvalue weighted by molar-refractivity contribution is -0.121. The molecule has 0 unspecified atom stereocenters. The van der Waals surface area contributed by atoms with Gasteiger partial charge in [-0.3, -0.25) is 9.59 Å². The SMILES string of the molecule is O=C(Cn1ccn2nc(-c3cccs3)cc2c1=O)NCc1ccccc1F. The maximum Gasteiger partial charge on any atom is 0.277 e. The molecule has 27 heavy (non-hydrogen) atoms. The van der Waals surface area contributed by atoms with Gasteiger partial charge in [-0.1, -0.05) is 24.3 Å². The molecule has 4 aromatic rings. The van der Waals surface area contributed by atoms with Crippen molar-refractivity contribution < 1.29 is 9.18 Å². The number of benzene rings is 1. The summed E-state index contributed by atoms with van der Waals surface area (Å²) < 4.78 is 16.4. The van der Waals surface area contributed by atoms with Gasteiger partial charge in [0.15, 0.2) is 0 Å². The fraction of sp³-hybridized carbons (Fsp3) is 0.105. The van der Waals surface area contributed by atoms with E-state index in [1.807, 2.05) is 17.5 Å². The Labute approximate surface area is 157 Å². The molecule has 0 saturated carbocycles. The Balaban J connectivity index is 1.52. The van der Waals surface area contributed by atoms with Gasteiger partial charge in [0.2, 0.25) is 5.91 Å². The molecule has 0 fully saturated rings. The van der Waals surface area contributed by atoms with Crippen LogP contribution in [-0.4, -0.2) is 20.1 Å². The van der Waals surface area contributed by atoms with Crippen LogP contribution in [0.3, 0.4) is 0 Å². The Morgan fingerprint density at radius 2 is 2.04 bits per heavy atom. The smallest absolute Gasteiger partial charge is 0.277 e. The van der Waals surface area contributed by atoms with Crippen molar-refractivity contribution in [2.75, 3.05) is 0 Å². The zero-order valence-electron chi connectivity index (χ0n) is 14.1. The Morgan fingerprint density at radius 1 is 1.19 bits per heavy atom. The highest BCUT2D eigenvalue weighted by Gasteiger charge is 2.12. The van der Waals surface area contributed by atoms with Crippen molar-refractivity contribution in [1.82, 2.24) is 19.5 Å². The van der Waals surface area contributed by atoms with E-state index >= 15 is 0 Å². The van der Waals surface area contributed by atoms with E-state index < -0.39 is 0 Å². The van der Waals surface area contributed by atoms with Gasteiger partial charge in [-0.2, -0.15) is 5.10 Å². The second-order valence-corrected chi connectivity index (χ2v) is 6.88. The monoisotopic (exact) mass is 382 g/mol. The van der Waals surface area contributed by atoms with Gasteiger partial charge in [0.25, 0.3) is 5.56 Å². The first kappa shape index (κ1) is 17.2. The second kappa shape index (κ2) is 7.16. The molecule has 0 atom stereocenters. The standard InChI is InChI=1S/C19H15FN4O2S/c20-14-5-2-1-4-13(14)11-21-18(25)12-23-7-8-24-16(19(23)26)10-15(22-24)17-6-3-9-27-17/h1-10H,11-12H2,(H,21,25). The van der Waals surface area contributed by atoms with Crippen LogP contribution in [-0.2, 0) is 17.9 Å². The summed E-state index contributed by atoms with van der Waals surface area (Å²) in [5.74, 6) is -0.751. The molecule has 136 valence electrons. The third-order valence-corrected chi connectivity index (χ3v) is 5.02. The first-order chi connectivity index (χ1) is 13.1. The van der Waals surface area contributed by atoms with Gasteiger partial charge in [0, 0.05) is 24.5 Å². The third-order valence-electron chi connectivity index (χ3n) is 4.12. The van der Waals surface area contributed by atoms with Crippen molar-refractivity contribution in [1.29, 1.82) is 0 Å². The predicted octanol–water partition coefficient (Wildman–Crippen LogP) is 2.68. The Bertz CT molecular complexity index is 1160. The molecule has 0 bridgehead atoms.